The van der Waals surface area contributed by atoms with Crippen LogP contribution in [0.4, 0.5) is 0 Å². The number of carbonyl (C=O) groups excluding carboxylic acids is 2. The van der Waals surface area contributed by atoms with E-state index in [9.17, 15) is 9.59 Å². The highest BCUT2D eigenvalue weighted by atomic mass is 35.5. The molecule has 0 unspecified atom stereocenters. The molecule has 1 aliphatic rings. The molecule has 0 fully saturated rings. The molecule has 0 radical (unpaired) electrons. The molecule has 1 aliphatic heterocycles. The fourth-order valence-electron chi connectivity index (χ4n) is 2.64. The molecule has 1 aromatic rings. The maximum Gasteiger partial charge on any atom is 0.336 e. The lowest BCUT2D eigenvalue weighted by Crippen LogP contribution is -2.34. The zero-order chi connectivity index (χ0) is 17.7. The lowest BCUT2D eigenvalue weighted by atomic mass is 9.84. The number of nitrogens with one attached hydrogen (secondary N) is 1. The predicted octanol–water partition coefficient (Wildman–Crippen LogP) is 3.45. The van der Waals surface area contributed by atoms with Crippen molar-refractivity contribution in [3.05, 3.63) is 45.1 Å². The Morgan fingerprint density at radius 3 is 2.75 bits per heavy atom. The van der Waals surface area contributed by atoms with Crippen molar-refractivity contribution in [2.24, 2.45) is 0 Å². The van der Waals surface area contributed by atoms with Crippen molar-refractivity contribution in [1.82, 2.24) is 5.32 Å². The van der Waals surface area contributed by atoms with E-state index in [1.807, 2.05) is 6.92 Å². The minimum Gasteiger partial charge on any atom is -0.460 e. The highest BCUT2D eigenvalue weighted by Gasteiger charge is 2.33. The van der Waals surface area contributed by atoms with Crippen LogP contribution in [0.3, 0.4) is 0 Å². The molecule has 0 spiro atoms. The Hall–Kier alpha value is -1.56. The smallest absolute Gasteiger partial charge is 0.336 e. The topological polar surface area (TPSA) is 64.6 Å². The molecular weight excluding hydrogens is 353 g/mol. The van der Waals surface area contributed by atoms with Crippen LogP contribution in [0.15, 0.2) is 29.5 Å². The SMILES string of the molecule is CCOCCOC(=O)C1=C(C)NC(=O)C[C@@H]1c1ccc(Cl)cc1Cl. The van der Waals surface area contributed by atoms with Crippen molar-refractivity contribution in [3.8, 4) is 0 Å². The van der Waals surface area contributed by atoms with Gasteiger partial charge in [-0.1, -0.05) is 29.3 Å². The van der Waals surface area contributed by atoms with E-state index in [1.54, 1.807) is 25.1 Å². The summed E-state index contributed by atoms with van der Waals surface area (Å²) in [6.45, 7) is 4.57. The normalized spacial score (nSPS) is 17.7. The number of esters is 1. The first-order valence-electron chi connectivity index (χ1n) is 7.64. The van der Waals surface area contributed by atoms with Gasteiger partial charge in [0.15, 0.2) is 0 Å². The molecule has 1 N–H and O–H groups in total. The van der Waals surface area contributed by atoms with E-state index < -0.39 is 11.9 Å². The highest BCUT2D eigenvalue weighted by molar-refractivity contribution is 6.35. The molecule has 1 aromatic carbocycles. The predicted molar refractivity (Wildman–Crippen MR) is 92.1 cm³/mol. The van der Waals surface area contributed by atoms with Gasteiger partial charge in [0.25, 0.3) is 0 Å². The molecule has 7 heteroatoms. The van der Waals surface area contributed by atoms with Gasteiger partial charge in [-0.2, -0.15) is 0 Å². The molecule has 24 heavy (non-hydrogen) atoms. The van der Waals surface area contributed by atoms with Crippen molar-refractivity contribution < 1.29 is 19.1 Å². The van der Waals surface area contributed by atoms with Crippen LogP contribution in [-0.2, 0) is 19.1 Å². The van der Waals surface area contributed by atoms with Gasteiger partial charge in [0.1, 0.15) is 6.61 Å². The van der Waals surface area contributed by atoms with E-state index in [1.165, 1.54) is 0 Å². The number of allylic oxidation sites excluding steroid dienone is 1. The summed E-state index contributed by atoms with van der Waals surface area (Å²) in [7, 11) is 0. The summed E-state index contributed by atoms with van der Waals surface area (Å²) < 4.78 is 10.4. The van der Waals surface area contributed by atoms with Gasteiger partial charge in [-0.3, -0.25) is 4.79 Å². The van der Waals surface area contributed by atoms with Gasteiger partial charge in [0.2, 0.25) is 5.91 Å². The van der Waals surface area contributed by atoms with Crippen molar-refractivity contribution in [1.29, 1.82) is 0 Å². The summed E-state index contributed by atoms with van der Waals surface area (Å²) in [5.41, 5.74) is 1.55. The first kappa shape index (κ1) is 18.8. The van der Waals surface area contributed by atoms with Crippen LogP contribution in [0, 0.1) is 0 Å². The fourth-order valence-corrected chi connectivity index (χ4v) is 3.18. The summed E-state index contributed by atoms with van der Waals surface area (Å²) in [5, 5.41) is 3.58. The average Bonchev–Trinajstić information content (AvgIpc) is 2.50. The van der Waals surface area contributed by atoms with Gasteiger partial charge >= 0.3 is 5.97 Å². The second-order valence-electron chi connectivity index (χ2n) is 5.34. The molecule has 1 atom stereocenters. The number of hydrogen-bond acceptors (Lipinski definition) is 4. The van der Waals surface area contributed by atoms with Crippen LogP contribution in [0.2, 0.25) is 10.0 Å². The quantitative estimate of drug-likeness (QED) is 0.614. The van der Waals surface area contributed by atoms with Gasteiger partial charge in [0, 0.05) is 34.7 Å². The third-order valence-corrected chi connectivity index (χ3v) is 4.25. The monoisotopic (exact) mass is 371 g/mol. The standard InChI is InChI=1S/C17H19Cl2NO4/c1-3-23-6-7-24-17(22)16-10(2)20-15(21)9-13(16)12-5-4-11(18)8-14(12)19/h4-5,8,13H,3,6-7,9H2,1-2H3,(H,20,21)/t13-/m1/s1. The fraction of sp³-hybridized carbons (Fsp3) is 0.412. The summed E-state index contributed by atoms with van der Waals surface area (Å²) in [4.78, 5) is 24.4. The summed E-state index contributed by atoms with van der Waals surface area (Å²) in [5.74, 6) is -1.12. The molecule has 0 bridgehead atoms. The van der Waals surface area contributed by atoms with E-state index >= 15 is 0 Å². The van der Waals surface area contributed by atoms with E-state index in [2.05, 4.69) is 5.32 Å². The Labute approximate surface area is 150 Å². The summed E-state index contributed by atoms with van der Waals surface area (Å²) in [6, 6.07) is 5.01. The number of ether oxygens (including phenoxy) is 2. The second kappa shape index (κ2) is 8.51. The Morgan fingerprint density at radius 1 is 1.33 bits per heavy atom. The van der Waals surface area contributed by atoms with E-state index in [4.69, 9.17) is 32.7 Å². The minimum absolute atomic E-state index is 0.120. The zero-order valence-electron chi connectivity index (χ0n) is 13.5. The lowest BCUT2D eigenvalue weighted by Gasteiger charge is -2.27. The first-order chi connectivity index (χ1) is 11.4. The number of benzene rings is 1. The third-order valence-electron chi connectivity index (χ3n) is 3.69. The van der Waals surface area contributed by atoms with Gasteiger partial charge < -0.3 is 14.8 Å². The Morgan fingerprint density at radius 2 is 2.08 bits per heavy atom. The first-order valence-corrected chi connectivity index (χ1v) is 8.40. The van der Waals surface area contributed by atoms with Crippen molar-refractivity contribution in [3.63, 3.8) is 0 Å². The maximum absolute atomic E-state index is 12.5. The lowest BCUT2D eigenvalue weighted by molar-refractivity contribution is -0.141. The van der Waals surface area contributed by atoms with Gasteiger partial charge in [0.05, 0.1) is 12.2 Å². The summed E-state index contributed by atoms with van der Waals surface area (Å²) >= 11 is 12.2. The maximum atomic E-state index is 12.5. The number of carbonyl (C=O) groups is 2. The molecule has 1 heterocycles. The average molecular weight is 372 g/mol. The third kappa shape index (κ3) is 4.50. The number of amides is 1. The molecule has 0 aliphatic carbocycles. The summed E-state index contributed by atoms with van der Waals surface area (Å²) in [6.07, 6.45) is 0.120. The minimum atomic E-state index is -0.483. The van der Waals surface area contributed by atoms with Crippen LogP contribution in [0.1, 0.15) is 31.7 Å². The van der Waals surface area contributed by atoms with Crippen molar-refractivity contribution in [2.75, 3.05) is 19.8 Å². The molecule has 1 amide bonds. The van der Waals surface area contributed by atoms with Gasteiger partial charge in [-0.15, -0.1) is 0 Å². The van der Waals surface area contributed by atoms with E-state index in [-0.39, 0.29) is 18.9 Å². The molecule has 130 valence electrons. The highest BCUT2D eigenvalue weighted by Crippen LogP contribution is 2.37. The van der Waals surface area contributed by atoms with Crippen LogP contribution in [0.25, 0.3) is 0 Å². The van der Waals surface area contributed by atoms with Crippen LogP contribution >= 0.6 is 23.2 Å². The number of hydrogen-bond donors (Lipinski definition) is 1. The van der Waals surface area contributed by atoms with Gasteiger partial charge in [-0.25, -0.2) is 4.79 Å². The van der Waals surface area contributed by atoms with Crippen molar-refractivity contribution >= 4 is 35.1 Å². The zero-order valence-corrected chi connectivity index (χ0v) is 15.0. The largest absolute Gasteiger partial charge is 0.460 e. The molecule has 0 aromatic heterocycles. The van der Waals surface area contributed by atoms with Crippen LogP contribution in [-0.4, -0.2) is 31.7 Å². The van der Waals surface area contributed by atoms with Gasteiger partial charge in [-0.05, 0) is 31.5 Å². The Balaban J connectivity index is 2.28. The van der Waals surface area contributed by atoms with Crippen LogP contribution in [0.5, 0.6) is 0 Å². The van der Waals surface area contributed by atoms with E-state index in [0.29, 0.717) is 40.1 Å². The molecule has 0 saturated heterocycles. The van der Waals surface area contributed by atoms with E-state index in [0.717, 1.165) is 0 Å². The molecule has 0 saturated carbocycles. The Kier molecular flexibility index (Phi) is 6.66. The molecular formula is C17H19Cl2NO4. The van der Waals surface area contributed by atoms with Crippen molar-refractivity contribution in [2.45, 2.75) is 26.2 Å². The molecule has 5 nitrogen and oxygen atoms in total. The number of halogens is 2. The van der Waals surface area contributed by atoms with Crippen LogP contribution < -0.4 is 5.32 Å². The Bertz CT molecular complexity index is 673. The number of rotatable bonds is 6. The second-order valence-corrected chi connectivity index (χ2v) is 6.19. The molecule has 2 rings (SSSR count).